The predicted molar refractivity (Wildman–Crippen MR) is 90.2 cm³/mol. The van der Waals surface area contributed by atoms with E-state index in [0.717, 1.165) is 12.0 Å². The number of hydrogen-bond donors (Lipinski definition) is 4. The molecule has 7 heteroatoms. The molecule has 0 aliphatic rings. The van der Waals surface area contributed by atoms with Gasteiger partial charge in [-0.15, -0.1) is 0 Å². The molecule has 1 aromatic rings. The molecule has 0 aromatic heterocycles. The van der Waals surface area contributed by atoms with Crippen LogP contribution in [0.5, 0.6) is 0 Å². The number of amides is 2. The minimum atomic E-state index is -1.13. The van der Waals surface area contributed by atoms with Crippen LogP contribution in [0.4, 0.5) is 0 Å². The highest BCUT2D eigenvalue weighted by molar-refractivity contribution is 5.89. The van der Waals surface area contributed by atoms with Gasteiger partial charge in [0.2, 0.25) is 11.8 Å². The Labute approximate surface area is 141 Å². The maximum absolute atomic E-state index is 11.9. The second-order valence-corrected chi connectivity index (χ2v) is 5.78. The summed E-state index contributed by atoms with van der Waals surface area (Å²) in [5, 5.41) is 14.1. The fourth-order valence-electron chi connectivity index (χ4n) is 2.09. The van der Waals surface area contributed by atoms with Gasteiger partial charge in [-0.1, -0.05) is 50.6 Å². The highest BCUT2D eigenvalue weighted by Gasteiger charge is 2.22. The average Bonchev–Trinajstić information content (AvgIpc) is 2.58. The average molecular weight is 335 g/mol. The van der Waals surface area contributed by atoms with Crippen molar-refractivity contribution in [3.05, 3.63) is 35.9 Å². The topological polar surface area (TPSA) is 122 Å². The van der Waals surface area contributed by atoms with Gasteiger partial charge in [-0.3, -0.25) is 9.59 Å². The lowest BCUT2D eigenvalue weighted by molar-refractivity contribution is -0.141. The summed E-state index contributed by atoms with van der Waals surface area (Å²) in [4.78, 5) is 35.0. The van der Waals surface area contributed by atoms with E-state index in [9.17, 15) is 19.5 Å². The van der Waals surface area contributed by atoms with E-state index in [0.29, 0.717) is 0 Å². The quantitative estimate of drug-likeness (QED) is 0.517. The van der Waals surface area contributed by atoms with Gasteiger partial charge in [0.25, 0.3) is 0 Å². The zero-order chi connectivity index (χ0) is 18.1. The summed E-state index contributed by atoms with van der Waals surface area (Å²) in [6, 6.07) is 7.25. The van der Waals surface area contributed by atoms with Crippen molar-refractivity contribution in [3.63, 3.8) is 0 Å². The molecule has 0 aliphatic heterocycles. The Hall–Kier alpha value is -2.41. The summed E-state index contributed by atoms with van der Waals surface area (Å²) >= 11 is 0. The molecule has 0 saturated heterocycles. The SMILES string of the molecule is CCC(C)C(N)C(=O)NCC(=O)NC(Cc1ccccc1)C(=O)O. The third kappa shape index (κ3) is 6.37. The lowest BCUT2D eigenvalue weighted by atomic mass is 9.99. The Morgan fingerprint density at radius 2 is 1.83 bits per heavy atom. The van der Waals surface area contributed by atoms with E-state index in [-0.39, 0.29) is 18.9 Å². The van der Waals surface area contributed by atoms with E-state index in [4.69, 9.17) is 5.73 Å². The fourth-order valence-corrected chi connectivity index (χ4v) is 2.09. The Morgan fingerprint density at radius 1 is 1.21 bits per heavy atom. The summed E-state index contributed by atoms with van der Waals surface area (Å²) in [5.41, 5.74) is 6.57. The van der Waals surface area contributed by atoms with Gasteiger partial charge in [0.1, 0.15) is 6.04 Å². The molecule has 1 rings (SSSR count). The highest BCUT2D eigenvalue weighted by Crippen LogP contribution is 2.05. The van der Waals surface area contributed by atoms with E-state index in [1.807, 2.05) is 19.9 Å². The van der Waals surface area contributed by atoms with Crippen LogP contribution in [0.1, 0.15) is 25.8 Å². The first-order chi connectivity index (χ1) is 11.3. The molecule has 3 unspecified atom stereocenters. The van der Waals surface area contributed by atoms with Gasteiger partial charge in [0.15, 0.2) is 0 Å². The molecule has 1 aromatic carbocycles. The number of nitrogens with two attached hydrogens (primary N) is 1. The molecule has 0 fully saturated rings. The van der Waals surface area contributed by atoms with E-state index in [1.165, 1.54) is 0 Å². The maximum Gasteiger partial charge on any atom is 0.326 e. The largest absolute Gasteiger partial charge is 0.480 e. The number of carbonyl (C=O) groups excluding carboxylic acids is 2. The minimum absolute atomic E-state index is 0.00194. The number of aliphatic carboxylic acids is 1. The number of rotatable bonds is 9. The van der Waals surface area contributed by atoms with Crippen molar-refractivity contribution in [2.24, 2.45) is 11.7 Å². The van der Waals surface area contributed by atoms with Crippen molar-refractivity contribution in [3.8, 4) is 0 Å². The Morgan fingerprint density at radius 3 is 2.38 bits per heavy atom. The number of carbonyl (C=O) groups is 3. The number of nitrogens with one attached hydrogen (secondary N) is 2. The molecule has 0 aliphatic carbocycles. The summed E-state index contributed by atoms with van der Waals surface area (Å²) in [6.45, 7) is 3.47. The maximum atomic E-state index is 11.9. The molecule has 5 N–H and O–H groups in total. The van der Waals surface area contributed by atoms with Crippen molar-refractivity contribution in [1.29, 1.82) is 0 Å². The molecule has 132 valence electrons. The van der Waals surface area contributed by atoms with Crippen molar-refractivity contribution in [2.75, 3.05) is 6.54 Å². The highest BCUT2D eigenvalue weighted by atomic mass is 16.4. The molecule has 0 heterocycles. The molecular weight excluding hydrogens is 310 g/mol. The molecular formula is C17H25N3O4. The molecule has 0 radical (unpaired) electrons. The van der Waals surface area contributed by atoms with Crippen molar-refractivity contribution < 1.29 is 19.5 Å². The summed E-state index contributed by atoms with van der Waals surface area (Å²) in [7, 11) is 0. The lowest BCUT2D eigenvalue weighted by Crippen LogP contribution is -2.50. The van der Waals surface area contributed by atoms with Gasteiger partial charge >= 0.3 is 5.97 Å². The minimum Gasteiger partial charge on any atom is -0.480 e. The van der Waals surface area contributed by atoms with Crippen LogP contribution in [0.15, 0.2) is 30.3 Å². The fraction of sp³-hybridized carbons (Fsp3) is 0.471. The van der Waals surface area contributed by atoms with Crippen LogP contribution in [0.3, 0.4) is 0 Å². The molecule has 0 bridgehead atoms. The lowest BCUT2D eigenvalue weighted by Gasteiger charge is -2.18. The normalized spacial score (nSPS) is 14.3. The number of carboxylic acids is 1. The van der Waals surface area contributed by atoms with Crippen molar-refractivity contribution in [1.82, 2.24) is 10.6 Å². The van der Waals surface area contributed by atoms with Crippen LogP contribution in [0.25, 0.3) is 0 Å². The third-order valence-corrected chi connectivity index (χ3v) is 3.90. The summed E-state index contributed by atoms with van der Waals surface area (Å²) in [6.07, 6.45) is 0.918. The van der Waals surface area contributed by atoms with Crippen LogP contribution in [0.2, 0.25) is 0 Å². The number of benzene rings is 1. The van der Waals surface area contributed by atoms with Gasteiger partial charge in [0, 0.05) is 6.42 Å². The molecule has 2 amide bonds. The molecule has 3 atom stereocenters. The van der Waals surface area contributed by atoms with Crippen LogP contribution < -0.4 is 16.4 Å². The smallest absolute Gasteiger partial charge is 0.326 e. The Balaban J connectivity index is 2.51. The zero-order valence-corrected chi connectivity index (χ0v) is 14.0. The zero-order valence-electron chi connectivity index (χ0n) is 14.0. The summed E-state index contributed by atoms with van der Waals surface area (Å²) in [5.74, 6) is -2.12. The number of carboxylic acid groups (broad SMARTS) is 1. The van der Waals surface area contributed by atoms with Crippen LogP contribution >= 0.6 is 0 Å². The molecule has 24 heavy (non-hydrogen) atoms. The van der Waals surface area contributed by atoms with E-state index >= 15 is 0 Å². The second kappa shape index (κ2) is 9.67. The van der Waals surface area contributed by atoms with E-state index in [1.54, 1.807) is 24.3 Å². The molecule has 0 spiro atoms. The van der Waals surface area contributed by atoms with Crippen LogP contribution in [0, 0.1) is 5.92 Å². The van der Waals surface area contributed by atoms with Crippen molar-refractivity contribution in [2.45, 2.75) is 38.8 Å². The first kappa shape index (κ1) is 19.6. The Bertz CT molecular complexity index is 562. The van der Waals surface area contributed by atoms with Crippen LogP contribution in [-0.2, 0) is 20.8 Å². The molecule has 7 nitrogen and oxygen atoms in total. The van der Waals surface area contributed by atoms with E-state index < -0.39 is 29.9 Å². The first-order valence-corrected chi connectivity index (χ1v) is 7.94. The Kier molecular flexibility index (Phi) is 7.91. The van der Waals surface area contributed by atoms with E-state index in [2.05, 4.69) is 10.6 Å². The van der Waals surface area contributed by atoms with Gasteiger partial charge < -0.3 is 21.5 Å². The predicted octanol–water partition coefficient (Wildman–Crippen LogP) is 0.288. The number of hydrogen-bond acceptors (Lipinski definition) is 4. The van der Waals surface area contributed by atoms with Gasteiger partial charge in [-0.05, 0) is 11.5 Å². The van der Waals surface area contributed by atoms with Crippen LogP contribution in [-0.4, -0.2) is 41.5 Å². The molecule has 0 saturated carbocycles. The van der Waals surface area contributed by atoms with Gasteiger partial charge in [0.05, 0.1) is 12.6 Å². The third-order valence-electron chi connectivity index (χ3n) is 3.90. The van der Waals surface area contributed by atoms with Gasteiger partial charge in [-0.2, -0.15) is 0 Å². The monoisotopic (exact) mass is 335 g/mol. The van der Waals surface area contributed by atoms with Gasteiger partial charge in [-0.25, -0.2) is 4.79 Å². The summed E-state index contributed by atoms with van der Waals surface area (Å²) < 4.78 is 0. The van der Waals surface area contributed by atoms with Crippen molar-refractivity contribution >= 4 is 17.8 Å². The first-order valence-electron chi connectivity index (χ1n) is 7.94. The second-order valence-electron chi connectivity index (χ2n) is 5.78. The standard InChI is InChI=1S/C17H25N3O4/c1-3-11(2)15(18)16(22)19-10-14(21)20-13(17(23)24)9-12-7-5-4-6-8-12/h4-8,11,13,15H,3,9-10,18H2,1-2H3,(H,19,22)(H,20,21)(H,23,24).